The van der Waals surface area contributed by atoms with Gasteiger partial charge in [0, 0.05) is 34.8 Å². The fraction of sp³-hybridized carbons (Fsp3) is 0.318. The predicted octanol–water partition coefficient (Wildman–Crippen LogP) is 3.58. The molecule has 3 aromatic rings. The average molecular weight is 416 g/mol. The van der Waals surface area contributed by atoms with Gasteiger partial charge >= 0.3 is 5.97 Å². The van der Waals surface area contributed by atoms with Gasteiger partial charge in [-0.05, 0) is 49.2 Å². The number of sulfone groups is 1. The van der Waals surface area contributed by atoms with E-state index in [1.165, 1.54) is 6.26 Å². The van der Waals surface area contributed by atoms with Crippen LogP contribution in [0.3, 0.4) is 0 Å². The summed E-state index contributed by atoms with van der Waals surface area (Å²) in [6.45, 7) is 4.06. The number of aryl methyl sites for hydroxylation is 1. The molecule has 0 aliphatic heterocycles. The van der Waals surface area contributed by atoms with Gasteiger partial charge in [0.1, 0.15) is 5.75 Å². The quantitative estimate of drug-likeness (QED) is 0.596. The third-order valence-corrected chi connectivity index (χ3v) is 6.05. The van der Waals surface area contributed by atoms with Crippen LogP contribution >= 0.6 is 0 Å². The molecule has 0 radical (unpaired) electrons. The molecule has 154 valence electrons. The molecular formula is C22H25NO5S. The summed E-state index contributed by atoms with van der Waals surface area (Å²) in [4.78, 5) is 15.8. The highest BCUT2D eigenvalue weighted by Crippen LogP contribution is 2.34. The third-order valence-electron chi connectivity index (χ3n) is 4.93. The minimum absolute atomic E-state index is 0.173. The second-order valence-corrected chi connectivity index (χ2v) is 8.99. The minimum atomic E-state index is -3.24. The Bertz CT molecular complexity index is 1140. The number of aromatic nitrogens is 1. The lowest BCUT2D eigenvalue weighted by Crippen LogP contribution is -2.08. The van der Waals surface area contributed by atoms with Crippen molar-refractivity contribution in [3.8, 4) is 5.75 Å². The Hall–Kier alpha value is -2.80. The first-order valence-corrected chi connectivity index (χ1v) is 11.2. The number of aromatic amines is 1. The summed E-state index contributed by atoms with van der Waals surface area (Å²) >= 11 is 0. The summed E-state index contributed by atoms with van der Waals surface area (Å²) in [5, 5.41) is 0.946. The maximum absolute atomic E-state index is 12.1. The SMILES string of the molecule is CCOC(=O)Cc1c(C)[nH]c2ccc(OC)c(Cc3ccc(S(C)(=O)=O)cc3)c12. The maximum Gasteiger partial charge on any atom is 0.310 e. The van der Waals surface area contributed by atoms with E-state index in [-0.39, 0.29) is 17.3 Å². The lowest BCUT2D eigenvalue weighted by Gasteiger charge is -2.12. The number of carbonyl (C=O) groups excluding carboxylic acids is 1. The summed E-state index contributed by atoms with van der Waals surface area (Å²) in [6.07, 6.45) is 1.90. The van der Waals surface area contributed by atoms with Crippen LogP contribution < -0.4 is 4.74 Å². The molecule has 0 bridgehead atoms. The molecule has 6 nitrogen and oxygen atoms in total. The van der Waals surface area contributed by atoms with Crippen molar-refractivity contribution in [2.24, 2.45) is 0 Å². The average Bonchev–Trinajstić information content (AvgIpc) is 2.97. The zero-order valence-corrected chi connectivity index (χ0v) is 17.9. The Kier molecular flexibility index (Phi) is 5.98. The van der Waals surface area contributed by atoms with Crippen molar-refractivity contribution in [2.75, 3.05) is 20.0 Å². The van der Waals surface area contributed by atoms with Gasteiger partial charge < -0.3 is 14.5 Å². The molecule has 0 aliphatic rings. The molecule has 0 unspecified atom stereocenters. The molecule has 0 saturated carbocycles. The van der Waals surface area contributed by atoms with Crippen LogP contribution in [0, 0.1) is 6.92 Å². The molecule has 2 aromatic carbocycles. The number of ether oxygens (including phenoxy) is 2. The van der Waals surface area contributed by atoms with Crippen molar-refractivity contribution in [2.45, 2.75) is 31.6 Å². The topological polar surface area (TPSA) is 85.5 Å². The van der Waals surface area contributed by atoms with Crippen LogP contribution in [0.5, 0.6) is 5.75 Å². The second kappa shape index (κ2) is 8.29. The molecule has 1 N–H and O–H groups in total. The Labute approximate surface area is 170 Å². The predicted molar refractivity (Wildman–Crippen MR) is 112 cm³/mol. The Morgan fingerprint density at radius 2 is 1.76 bits per heavy atom. The lowest BCUT2D eigenvalue weighted by atomic mass is 9.96. The summed E-state index contributed by atoms with van der Waals surface area (Å²) in [5.74, 6) is 0.441. The number of methoxy groups -OCH3 is 1. The number of hydrogen-bond acceptors (Lipinski definition) is 5. The number of nitrogens with one attached hydrogen (secondary N) is 1. The number of benzene rings is 2. The van der Waals surface area contributed by atoms with Gasteiger partial charge in [0.2, 0.25) is 0 Å². The van der Waals surface area contributed by atoms with Crippen molar-refractivity contribution in [1.29, 1.82) is 0 Å². The Morgan fingerprint density at radius 3 is 2.34 bits per heavy atom. The van der Waals surface area contributed by atoms with E-state index < -0.39 is 9.84 Å². The number of hydrogen-bond donors (Lipinski definition) is 1. The largest absolute Gasteiger partial charge is 0.496 e. The first-order valence-electron chi connectivity index (χ1n) is 9.36. The Balaban J connectivity index is 2.09. The van der Waals surface area contributed by atoms with Crippen LogP contribution in [0.15, 0.2) is 41.3 Å². The van der Waals surface area contributed by atoms with Crippen LogP contribution in [0.2, 0.25) is 0 Å². The van der Waals surface area contributed by atoms with Gasteiger partial charge in [0.15, 0.2) is 9.84 Å². The highest BCUT2D eigenvalue weighted by molar-refractivity contribution is 7.90. The van der Waals surface area contributed by atoms with E-state index in [0.717, 1.165) is 33.3 Å². The Morgan fingerprint density at radius 1 is 1.07 bits per heavy atom. The normalized spacial score (nSPS) is 11.6. The van der Waals surface area contributed by atoms with Crippen molar-refractivity contribution in [3.05, 3.63) is 58.8 Å². The summed E-state index contributed by atoms with van der Waals surface area (Å²) in [5.41, 5.74) is 4.62. The highest BCUT2D eigenvalue weighted by atomic mass is 32.2. The van der Waals surface area contributed by atoms with E-state index in [9.17, 15) is 13.2 Å². The molecule has 0 atom stereocenters. The zero-order chi connectivity index (χ0) is 21.2. The number of H-pyrrole nitrogens is 1. The minimum Gasteiger partial charge on any atom is -0.496 e. The smallest absolute Gasteiger partial charge is 0.310 e. The van der Waals surface area contributed by atoms with E-state index in [1.807, 2.05) is 19.1 Å². The number of fused-ring (bicyclic) bond motifs is 1. The molecule has 0 fully saturated rings. The van der Waals surface area contributed by atoms with Crippen LogP contribution in [-0.2, 0) is 32.2 Å². The fourth-order valence-corrected chi connectivity index (χ4v) is 4.18. The summed E-state index contributed by atoms with van der Waals surface area (Å²) < 4.78 is 34.2. The lowest BCUT2D eigenvalue weighted by molar-refractivity contribution is -0.142. The van der Waals surface area contributed by atoms with E-state index >= 15 is 0 Å². The summed E-state index contributed by atoms with van der Waals surface area (Å²) in [7, 11) is -1.63. The molecule has 29 heavy (non-hydrogen) atoms. The van der Waals surface area contributed by atoms with Gasteiger partial charge in [-0.15, -0.1) is 0 Å². The molecule has 1 heterocycles. The van der Waals surface area contributed by atoms with Crippen LogP contribution in [0.4, 0.5) is 0 Å². The molecule has 0 saturated heterocycles. The van der Waals surface area contributed by atoms with Crippen LogP contribution in [0.25, 0.3) is 10.9 Å². The second-order valence-electron chi connectivity index (χ2n) is 6.97. The molecule has 0 spiro atoms. The first-order chi connectivity index (χ1) is 13.7. The van der Waals surface area contributed by atoms with Crippen LogP contribution in [0.1, 0.15) is 29.3 Å². The van der Waals surface area contributed by atoms with Gasteiger partial charge in [-0.3, -0.25) is 4.79 Å². The van der Waals surface area contributed by atoms with Gasteiger partial charge in [-0.1, -0.05) is 12.1 Å². The molecule has 7 heteroatoms. The van der Waals surface area contributed by atoms with Gasteiger partial charge in [0.05, 0.1) is 25.0 Å². The van der Waals surface area contributed by atoms with E-state index in [2.05, 4.69) is 4.98 Å². The number of esters is 1. The third kappa shape index (κ3) is 4.45. The molecule has 0 aliphatic carbocycles. The van der Waals surface area contributed by atoms with Gasteiger partial charge in [0.25, 0.3) is 0 Å². The fourth-order valence-electron chi connectivity index (χ4n) is 3.55. The van der Waals surface area contributed by atoms with E-state index in [0.29, 0.717) is 18.8 Å². The molecule has 3 rings (SSSR count). The van der Waals surface area contributed by atoms with E-state index in [1.54, 1.807) is 38.3 Å². The standard InChI is InChI=1S/C22H25NO5S/c1-5-28-21(24)13-17-14(2)23-19-10-11-20(27-3)18(22(17)19)12-15-6-8-16(9-7-15)29(4,25)26/h6-11,23H,5,12-13H2,1-4H3. The first kappa shape index (κ1) is 20.9. The maximum atomic E-state index is 12.1. The molecule has 0 amide bonds. The van der Waals surface area contributed by atoms with Crippen molar-refractivity contribution in [1.82, 2.24) is 4.98 Å². The van der Waals surface area contributed by atoms with Crippen molar-refractivity contribution >= 4 is 26.7 Å². The van der Waals surface area contributed by atoms with E-state index in [4.69, 9.17) is 9.47 Å². The highest BCUT2D eigenvalue weighted by Gasteiger charge is 2.19. The monoisotopic (exact) mass is 415 g/mol. The van der Waals surface area contributed by atoms with Crippen LogP contribution in [-0.4, -0.2) is 39.3 Å². The molecular weight excluding hydrogens is 390 g/mol. The van der Waals surface area contributed by atoms with Crippen molar-refractivity contribution in [3.63, 3.8) is 0 Å². The molecule has 1 aromatic heterocycles. The van der Waals surface area contributed by atoms with Gasteiger partial charge in [-0.2, -0.15) is 0 Å². The summed E-state index contributed by atoms with van der Waals surface area (Å²) in [6, 6.07) is 10.7. The zero-order valence-electron chi connectivity index (χ0n) is 17.0. The van der Waals surface area contributed by atoms with Gasteiger partial charge in [-0.25, -0.2) is 8.42 Å². The number of carbonyl (C=O) groups is 1. The number of rotatable bonds is 7. The van der Waals surface area contributed by atoms with Crippen molar-refractivity contribution < 1.29 is 22.7 Å².